The lowest BCUT2D eigenvalue weighted by Gasteiger charge is -2.03. The maximum absolute atomic E-state index is 10.7. The molecule has 2 aromatic carbocycles. The highest BCUT2D eigenvalue weighted by molar-refractivity contribution is 14.1. The first kappa shape index (κ1) is 13.6. The maximum atomic E-state index is 10.7. The standard InChI is InChI=1S/C12H7ClINO2S/c13-8-1-3-9(4-2-8)18-10-5-6-12(15(16)17)11(14)7-10/h1-7H. The number of nitrogens with zero attached hydrogens (tertiary/aromatic N) is 1. The molecule has 0 unspecified atom stereocenters. The van der Waals surface area contributed by atoms with Gasteiger partial charge in [-0.25, -0.2) is 0 Å². The molecule has 2 aromatic rings. The molecule has 0 N–H and O–H groups in total. The Morgan fingerprint density at radius 3 is 2.28 bits per heavy atom. The van der Waals surface area contributed by atoms with Crippen LogP contribution in [-0.2, 0) is 0 Å². The minimum absolute atomic E-state index is 0.135. The van der Waals surface area contributed by atoms with Crippen molar-refractivity contribution in [2.75, 3.05) is 0 Å². The van der Waals surface area contributed by atoms with E-state index in [-0.39, 0.29) is 10.6 Å². The zero-order valence-electron chi connectivity index (χ0n) is 8.97. The smallest absolute Gasteiger partial charge is 0.258 e. The van der Waals surface area contributed by atoms with Crippen molar-refractivity contribution in [3.63, 3.8) is 0 Å². The summed E-state index contributed by atoms with van der Waals surface area (Å²) in [7, 11) is 0. The second-order valence-electron chi connectivity index (χ2n) is 3.43. The Balaban J connectivity index is 2.22. The van der Waals surface area contributed by atoms with Crippen molar-refractivity contribution in [3.8, 4) is 0 Å². The third-order valence-corrected chi connectivity index (χ3v) is 4.28. The first-order valence-corrected chi connectivity index (χ1v) is 7.21. The van der Waals surface area contributed by atoms with E-state index in [9.17, 15) is 10.1 Å². The zero-order valence-corrected chi connectivity index (χ0v) is 12.7. The Bertz CT molecular complexity index is 589. The summed E-state index contributed by atoms with van der Waals surface area (Å²) >= 11 is 9.33. The van der Waals surface area contributed by atoms with Gasteiger partial charge in [0.15, 0.2) is 0 Å². The van der Waals surface area contributed by atoms with Gasteiger partial charge in [0.25, 0.3) is 5.69 Å². The molecule has 0 radical (unpaired) electrons. The third-order valence-electron chi connectivity index (χ3n) is 2.17. The predicted molar refractivity (Wildman–Crippen MR) is 81.4 cm³/mol. The highest BCUT2D eigenvalue weighted by Crippen LogP contribution is 2.32. The molecular weight excluding hydrogens is 385 g/mol. The zero-order chi connectivity index (χ0) is 13.1. The number of halogens is 2. The van der Waals surface area contributed by atoms with E-state index in [1.54, 1.807) is 23.9 Å². The molecule has 0 aliphatic heterocycles. The van der Waals surface area contributed by atoms with Gasteiger partial charge in [-0.2, -0.15) is 0 Å². The van der Waals surface area contributed by atoms with Gasteiger partial charge < -0.3 is 0 Å². The molecule has 0 amide bonds. The van der Waals surface area contributed by atoms with Crippen LogP contribution in [0.2, 0.25) is 5.02 Å². The molecule has 18 heavy (non-hydrogen) atoms. The summed E-state index contributed by atoms with van der Waals surface area (Å²) < 4.78 is 0.636. The summed E-state index contributed by atoms with van der Waals surface area (Å²) in [6.07, 6.45) is 0. The van der Waals surface area contributed by atoms with Crippen molar-refractivity contribution < 1.29 is 4.92 Å². The largest absolute Gasteiger partial charge is 0.282 e. The van der Waals surface area contributed by atoms with Crippen LogP contribution in [0.4, 0.5) is 5.69 Å². The van der Waals surface area contributed by atoms with E-state index in [4.69, 9.17) is 11.6 Å². The van der Waals surface area contributed by atoms with E-state index in [1.807, 2.05) is 46.9 Å². The molecule has 0 saturated heterocycles. The van der Waals surface area contributed by atoms with Crippen molar-refractivity contribution in [2.24, 2.45) is 0 Å². The fourth-order valence-corrected chi connectivity index (χ4v) is 3.24. The van der Waals surface area contributed by atoms with Crippen LogP contribution in [0.1, 0.15) is 0 Å². The minimum atomic E-state index is -0.376. The molecule has 0 aliphatic rings. The van der Waals surface area contributed by atoms with Crippen molar-refractivity contribution >= 4 is 51.6 Å². The molecule has 0 aliphatic carbocycles. The summed E-state index contributed by atoms with van der Waals surface area (Å²) in [5.41, 5.74) is 0.135. The topological polar surface area (TPSA) is 43.1 Å². The van der Waals surface area contributed by atoms with E-state index < -0.39 is 0 Å². The van der Waals surface area contributed by atoms with E-state index in [0.29, 0.717) is 8.59 Å². The van der Waals surface area contributed by atoms with Crippen molar-refractivity contribution in [1.82, 2.24) is 0 Å². The Morgan fingerprint density at radius 2 is 1.72 bits per heavy atom. The molecule has 0 aromatic heterocycles. The first-order chi connectivity index (χ1) is 8.56. The number of nitro groups is 1. The van der Waals surface area contributed by atoms with Crippen LogP contribution in [0.15, 0.2) is 52.3 Å². The van der Waals surface area contributed by atoms with E-state index in [2.05, 4.69) is 0 Å². The molecule has 0 fully saturated rings. The molecule has 2 rings (SSSR count). The normalized spacial score (nSPS) is 10.3. The van der Waals surface area contributed by atoms with Gasteiger partial charge in [0.2, 0.25) is 0 Å². The predicted octanol–water partition coefficient (Wildman–Crippen LogP) is 5.00. The monoisotopic (exact) mass is 391 g/mol. The molecule has 0 saturated carbocycles. The van der Waals surface area contributed by atoms with Crippen LogP contribution in [0.25, 0.3) is 0 Å². The minimum Gasteiger partial charge on any atom is -0.258 e. The van der Waals surface area contributed by atoms with Gasteiger partial charge in [-0.3, -0.25) is 10.1 Å². The fraction of sp³-hybridized carbons (Fsp3) is 0. The molecule has 0 atom stereocenters. The lowest BCUT2D eigenvalue weighted by Crippen LogP contribution is -1.91. The van der Waals surface area contributed by atoms with Gasteiger partial charge in [-0.05, 0) is 59.0 Å². The van der Waals surface area contributed by atoms with E-state index in [0.717, 1.165) is 9.79 Å². The Morgan fingerprint density at radius 1 is 1.11 bits per heavy atom. The average molecular weight is 392 g/mol. The highest BCUT2D eigenvalue weighted by Gasteiger charge is 2.11. The molecule has 3 nitrogen and oxygen atoms in total. The second kappa shape index (κ2) is 5.90. The van der Waals surface area contributed by atoms with Crippen LogP contribution in [0, 0.1) is 13.7 Å². The number of hydrogen-bond donors (Lipinski definition) is 0. The lowest BCUT2D eigenvalue weighted by atomic mass is 10.3. The van der Waals surface area contributed by atoms with Gasteiger partial charge in [-0.1, -0.05) is 23.4 Å². The van der Waals surface area contributed by atoms with E-state index in [1.165, 1.54) is 6.07 Å². The van der Waals surface area contributed by atoms with Crippen LogP contribution < -0.4 is 0 Å². The lowest BCUT2D eigenvalue weighted by molar-refractivity contribution is -0.385. The Kier molecular flexibility index (Phi) is 4.47. The van der Waals surface area contributed by atoms with Crippen LogP contribution in [0.3, 0.4) is 0 Å². The van der Waals surface area contributed by atoms with Gasteiger partial charge in [0.1, 0.15) is 0 Å². The quantitative estimate of drug-likeness (QED) is 0.420. The van der Waals surface area contributed by atoms with Crippen molar-refractivity contribution in [3.05, 3.63) is 61.2 Å². The Hall–Kier alpha value is -0.790. The van der Waals surface area contributed by atoms with Crippen molar-refractivity contribution in [1.29, 1.82) is 0 Å². The number of benzene rings is 2. The molecule has 92 valence electrons. The molecule has 0 heterocycles. The summed E-state index contributed by atoms with van der Waals surface area (Å²) in [5, 5.41) is 11.4. The first-order valence-electron chi connectivity index (χ1n) is 4.93. The van der Waals surface area contributed by atoms with Crippen LogP contribution in [0.5, 0.6) is 0 Å². The van der Waals surface area contributed by atoms with Gasteiger partial charge >= 0.3 is 0 Å². The van der Waals surface area contributed by atoms with Gasteiger partial charge in [0, 0.05) is 20.9 Å². The number of hydrogen-bond acceptors (Lipinski definition) is 3. The molecular formula is C12H7ClINO2S. The third kappa shape index (κ3) is 3.37. The van der Waals surface area contributed by atoms with Crippen molar-refractivity contribution in [2.45, 2.75) is 9.79 Å². The molecule has 0 bridgehead atoms. The molecule has 6 heteroatoms. The van der Waals surface area contributed by atoms with Gasteiger partial charge in [-0.15, -0.1) is 0 Å². The highest BCUT2D eigenvalue weighted by atomic mass is 127. The van der Waals surface area contributed by atoms with Crippen LogP contribution >= 0.6 is 46.0 Å². The van der Waals surface area contributed by atoms with E-state index >= 15 is 0 Å². The SMILES string of the molecule is O=[N+]([O-])c1ccc(Sc2ccc(Cl)cc2)cc1I. The van der Waals surface area contributed by atoms with Crippen LogP contribution in [-0.4, -0.2) is 4.92 Å². The van der Waals surface area contributed by atoms with Gasteiger partial charge in [0.05, 0.1) is 8.49 Å². The maximum Gasteiger partial charge on any atom is 0.282 e. The second-order valence-corrected chi connectivity index (χ2v) is 6.17. The summed E-state index contributed by atoms with van der Waals surface area (Å²) in [5.74, 6) is 0. The summed E-state index contributed by atoms with van der Waals surface area (Å²) in [6.45, 7) is 0. The summed E-state index contributed by atoms with van der Waals surface area (Å²) in [6, 6.07) is 12.6. The fourth-order valence-electron chi connectivity index (χ4n) is 1.34. The average Bonchev–Trinajstić information content (AvgIpc) is 2.32. The summed E-state index contributed by atoms with van der Waals surface area (Å²) in [4.78, 5) is 12.3. The molecule has 0 spiro atoms. The number of nitro benzene ring substituents is 1. The number of rotatable bonds is 3. The Labute approximate surface area is 127 Å².